The van der Waals surface area contributed by atoms with E-state index in [4.69, 9.17) is 21.1 Å². The molecule has 1 saturated heterocycles. The van der Waals surface area contributed by atoms with Crippen LogP contribution in [0.25, 0.3) is 0 Å². The third-order valence-electron chi connectivity index (χ3n) is 4.08. The van der Waals surface area contributed by atoms with E-state index >= 15 is 0 Å². The Hall–Kier alpha value is -1.30. The number of hydrogen-bond acceptors (Lipinski definition) is 3. The molecule has 23 heavy (non-hydrogen) atoms. The maximum Gasteiger partial charge on any atom is 0.193 e. The first-order valence-electron chi connectivity index (χ1n) is 7.91. The standard InChI is InChI=1S/C17H26ClN3O2/c1-19-17(21(2)11-13-7-8-23-12-13)20-10-16(22-3)14-5-4-6-15(18)9-14/h4-6,9,13,16H,7-8,10-12H2,1-3H3,(H,19,20). The molecule has 0 aromatic heterocycles. The SMILES string of the molecule is CN=C(NCC(OC)c1cccc(Cl)c1)N(C)CC1CCOC1. The predicted molar refractivity (Wildman–Crippen MR) is 94.1 cm³/mol. The number of ether oxygens (including phenoxy) is 2. The lowest BCUT2D eigenvalue weighted by molar-refractivity contribution is 0.106. The molecule has 1 N–H and O–H groups in total. The van der Waals surface area contributed by atoms with Crippen molar-refractivity contribution in [1.82, 2.24) is 10.2 Å². The lowest BCUT2D eigenvalue weighted by Crippen LogP contribution is -2.43. The smallest absolute Gasteiger partial charge is 0.193 e. The monoisotopic (exact) mass is 339 g/mol. The second-order valence-electron chi connectivity index (χ2n) is 5.82. The van der Waals surface area contributed by atoms with Crippen molar-refractivity contribution in [3.63, 3.8) is 0 Å². The number of methoxy groups -OCH3 is 1. The number of nitrogens with one attached hydrogen (secondary N) is 1. The molecule has 1 aliphatic heterocycles. The van der Waals surface area contributed by atoms with Gasteiger partial charge >= 0.3 is 0 Å². The van der Waals surface area contributed by atoms with Crippen LogP contribution < -0.4 is 5.32 Å². The van der Waals surface area contributed by atoms with Crippen molar-refractivity contribution < 1.29 is 9.47 Å². The average molecular weight is 340 g/mol. The van der Waals surface area contributed by atoms with Crippen molar-refractivity contribution in [1.29, 1.82) is 0 Å². The van der Waals surface area contributed by atoms with Gasteiger partial charge in [-0.15, -0.1) is 0 Å². The summed E-state index contributed by atoms with van der Waals surface area (Å²) in [5.74, 6) is 1.44. The van der Waals surface area contributed by atoms with Crippen molar-refractivity contribution in [2.75, 3.05) is 47.5 Å². The van der Waals surface area contributed by atoms with Gasteiger partial charge in [0.05, 0.1) is 12.7 Å². The molecule has 1 fully saturated rings. The number of guanidine groups is 1. The van der Waals surface area contributed by atoms with Crippen LogP contribution in [0, 0.1) is 5.92 Å². The zero-order chi connectivity index (χ0) is 16.7. The Balaban J connectivity index is 1.90. The summed E-state index contributed by atoms with van der Waals surface area (Å²) in [5, 5.41) is 4.09. The van der Waals surface area contributed by atoms with Gasteiger partial charge in [-0.2, -0.15) is 0 Å². The molecule has 1 aromatic carbocycles. The molecule has 2 unspecified atom stereocenters. The van der Waals surface area contributed by atoms with Gasteiger partial charge in [0, 0.05) is 51.8 Å². The number of hydrogen-bond donors (Lipinski definition) is 1. The molecule has 128 valence electrons. The van der Waals surface area contributed by atoms with Gasteiger partial charge in [-0.25, -0.2) is 0 Å². The molecule has 0 bridgehead atoms. The highest BCUT2D eigenvalue weighted by atomic mass is 35.5. The summed E-state index contributed by atoms with van der Waals surface area (Å²) in [6.07, 6.45) is 1.04. The first-order valence-corrected chi connectivity index (χ1v) is 8.29. The highest BCUT2D eigenvalue weighted by Gasteiger charge is 2.20. The number of aliphatic imine (C=N–C) groups is 1. The minimum atomic E-state index is -0.0753. The van der Waals surface area contributed by atoms with Gasteiger partial charge in [-0.3, -0.25) is 4.99 Å². The summed E-state index contributed by atoms with van der Waals surface area (Å²) in [7, 11) is 5.55. The number of rotatable bonds is 6. The van der Waals surface area contributed by atoms with Gasteiger partial charge in [-0.05, 0) is 24.1 Å². The Labute approximate surface area is 143 Å². The zero-order valence-corrected chi connectivity index (χ0v) is 14.8. The normalized spacial score (nSPS) is 19.7. The first-order chi connectivity index (χ1) is 11.1. The van der Waals surface area contributed by atoms with E-state index in [2.05, 4.69) is 22.3 Å². The van der Waals surface area contributed by atoms with Crippen LogP contribution in [0.3, 0.4) is 0 Å². The molecule has 0 saturated carbocycles. The van der Waals surface area contributed by atoms with Crippen LogP contribution in [0.4, 0.5) is 0 Å². The molecule has 6 heteroatoms. The Kier molecular flexibility index (Phi) is 7.15. The topological polar surface area (TPSA) is 46.1 Å². The van der Waals surface area contributed by atoms with E-state index in [-0.39, 0.29) is 6.10 Å². The van der Waals surface area contributed by atoms with E-state index in [9.17, 15) is 0 Å². The average Bonchev–Trinajstić information content (AvgIpc) is 3.04. The highest BCUT2D eigenvalue weighted by molar-refractivity contribution is 6.30. The number of nitrogens with zero attached hydrogens (tertiary/aromatic N) is 2. The summed E-state index contributed by atoms with van der Waals surface area (Å²) in [6, 6.07) is 7.75. The van der Waals surface area contributed by atoms with Gasteiger partial charge in [0.2, 0.25) is 0 Å². The van der Waals surface area contributed by atoms with Crippen LogP contribution in [0.5, 0.6) is 0 Å². The molecule has 1 aromatic rings. The molecular formula is C17H26ClN3O2. The van der Waals surface area contributed by atoms with Crippen LogP contribution in [0.2, 0.25) is 5.02 Å². The molecule has 0 radical (unpaired) electrons. The molecule has 0 spiro atoms. The minimum Gasteiger partial charge on any atom is -0.381 e. The molecule has 1 heterocycles. The maximum absolute atomic E-state index is 6.06. The Morgan fingerprint density at radius 2 is 2.39 bits per heavy atom. The summed E-state index contributed by atoms with van der Waals surface area (Å²) < 4.78 is 11.0. The predicted octanol–water partition coefficient (Wildman–Crippen LogP) is 2.57. The van der Waals surface area contributed by atoms with E-state index in [0.717, 1.165) is 37.7 Å². The molecule has 0 amide bonds. The molecule has 0 aliphatic carbocycles. The van der Waals surface area contributed by atoms with Crippen LogP contribution in [0.15, 0.2) is 29.3 Å². The van der Waals surface area contributed by atoms with E-state index in [1.54, 1.807) is 14.2 Å². The lowest BCUT2D eigenvalue weighted by atomic mass is 10.1. The minimum absolute atomic E-state index is 0.0753. The largest absolute Gasteiger partial charge is 0.381 e. The molecule has 2 atom stereocenters. The fraction of sp³-hybridized carbons (Fsp3) is 0.588. The third kappa shape index (κ3) is 5.37. The van der Waals surface area contributed by atoms with E-state index in [1.165, 1.54) is 0 Å². The fourth-order valence-electron chi connectivity index (χ4n) is 2.81. The summed E-state index contributed by atoms with van der Waals surface area (Å²) in [6.45, 7) is 3.28. The van der Waals surface area contributed by atoms with Gasteiger partial charge in [0.15, 0.2) is 5.96 Å². The summed E-state index contributed by atoms with van der Waals surface area (Å²) in [4.78, 5) is 6.50. The quantitative estimate of drug-likeness (QED) is 0.639. The second-order valence-corrected chi connectivity index (χ2v) is 6.25. The van der Waals surface area contributed by atoms with Gasteiger partial charge in [-0.1, -0.05) is 23.7 Å². The van der Waals surface area contributed by atoms with Crippen molar-refractivity contribution in [3.8, 4) is 0 Å². The van der Waals surface area contributed by atoms with Crippen molar-refractivity contribution in [2.24, 2.45) is 10.9 Å². The third-order valence-corrected chi connectivity index (χ3v) is 4.32. The van der Waals surface area contributed by atoms with Gasteiger partial charge < -0.3 is 19.7 Å². The fourth-order valence-corrected chi connectivity index (χ4v) is 3.01. The number of halogens is 1. The van der Waals surface area contributed by atoms with Crippen molar-refractivity contribution >= 4 is 17.6 Å². The summed E-state index contributed by atoms with van der Waals surface area (Å²) >= 11 is 6.06. The molecule has 2 rings (SSSR count). The lowest BCUT2D eigenvalue weighted by Gasteiger charge is -2.26. The first kappa shape index (κ1) is 18.0. The van der Waals surface area contributed by atoms with Crippen LogP contribution in [0.1, 0.15) is 18.1 Å². The summed E-state index contributed by atoms with van der Waals surface area (Å²) in [5.41, 5.74) is 1.05. The van der Waals surface area contributed by atoms with Crippen LogP contribution in [-0.4, -0.2) is 58.4 Å². The second kappa shape index (κ2) is 9.11. The zero-order valence-electron chi connectivity index (χ0n) is 14.1. The van der Waals surface area contributed by atoms with Crippen molar-refractivity contribution in [2.45, 2.75) is 12.5 Å². The Morgan fingerprint density at radius 3 is 3.00 bits per heavy atom. The van der Waals surface area contributed by atoms with Gasteiger partial charge in [0.1, 0.15) is 0 Å². The highest BCUT2D eigenvalue weighted by Crippen LogP contribution is 2.20. The molecule has 5 nitrogen and oxygen atoms in total. The maximum atomic E-state index is 6.06. The van der Waals surface area contributed by atoms with Crippen LogP contribution >= 0.6 is 11.6 Å². The van der Waals surface area contributed by atoms with Gasteiger partial charge in [0.25, 0.3) is 0 Å². The van der Waals surface area contributed by atoms with E-state index < -0.39 is 0 Å². The number of benzene rings is 1. The van der Waals surface area contributed by atoms with Crippen LogP contribution in [-0.2, 0) is 9.47 Å². The molecular weight excluding hydrogens is 314 g/mol. The Bertz CT molecular complexity index is 518. The van der Waals surface area contributed by atoms with Crippen molar-refractivity contribution in [3.05, 3.63) is 34.9 Å². The Morgan fingerprint density at radius 1 is 1.57 bits per heavy atom. The molecule has 1 aliphatic rings. The van der Waals surface area contributed by atoms with E-state index in [1.807, 2.05) is 24.3 Å². The van der Waals surface area contributed by atoms with E-state index in [0.29, 0.717) is 17.5 Å².